The molecule has 0 bridgehead atoms. The molecule has 0 aliphatic heterocycles. The number of hydrogen-bond donors (Lipinski definition) is 1. The quantitative estimate of drug-likeness (QED) is 0.427. The third-order valence-electron chi connectivity index (χ3n) is 3.94. The monoisotopic (exact) mass is 406 g/mol. The minimum Gasteiger partial charge on any atom is -0.437 e. The smallest absolute Gasteiger partial charge is 0.232 e. The minimum atomic E-state index is 0.364. The molecule has 1 N–H and O–H groups in total. The summed E-state index contributed by atoms with van der Waals surface area (Å²) >= 11 is 12.2. The van der Waals surface area contributed by atoms with Crippen LogP contribution in [0.4, 0.5) is 11.6 Å². The molecule has 0 unspecified atom stereocenters. The molecule has 136 valence electrons. The Balaban J connectivity index is 1.73. The Morgan fingerprint density at radius 1 is 0.929 bits per heavy atom. The highest BCUT2D eigenvalue weighted by Crippen LogP contribution is 2.34. The largest absolute Gasteiger partial charge is 0.437 e. The van der Waals surface area contributed by atoms with Crippen LogP contribution in [0, 0.1) is 11.3 Å². The van der Waals surface area contributed by atoms with Gasteiger partial charge in [-0.05, 0) is 54.6 Å². The molecule has 0 aliphatic rings. The van der Waals surface area contributed by atoms with Gasteiger partial charge in [-0.15, -0.1) is 0 Å². The molecule has 0 saturated carbocycles. The van der Waals surface area contributed by atoms with Crippen molar-refractivity contribution in [2.75, 3.05) is 5.32 Å². The first-order valence-electron chi connectivity index (χ1n) is 8.29. The number of halogens is 2. The van der Waals surface area contributed by atoms with Crippen molar-refractivity contribution in [1.29, 1.82) is 5.26 Å². The van der Waals surface area contributed by atoms with Gasteiger partial charge in [0, 0.05) is 10.7 Å². The van der Waals surface area contributed by atoms with E-state index in [0.717, 1.165) is 11.1 Å². The van der Waals surface area contributed by atoms with Gasteiger partial charge in [-0.25, -0.2) is 4.98 Å². The molecule has 4 rings (SSSR count). The van der Waals surface area contributed by atoms with Crippen molar-refractivity contribution >= 4 is 45.7 Å². The van der Waals surface area contributed by atoms with Crippen LogP contribution >= 0.6 is 23.2 Å². The molecule has 1 aromatic heterocycles. The lowest BCUT2D eigenvalue weighted by Crippen LogP contribution is -2.00. The molecular weight excluding hydrogens is 395 g/mol. The highest BCUT2D eigenvalue weighted by atomic mass is 35.5. The van der Waals surface area contributed by atoms with E-state index >= 15 is 0 Å². The van der Waals surface area contributed by atoms with Gasteiger partial charge in [0.25, 0.3) is 0 Å². The molecule has 5 nitrogen and oxygen atoms in total. The molecule has 28 heavy (non-hydrogen) atoms. The maximum Gasteiger partial charge on any atom is 0.232 e. The number of para-hydroxylation sites is 1. The summed E-state index contributed by atoms with van der Waals surface area (Å²) < 4.78 is 5.97. The van der Waals surface area contributed by atoms with E-state index in [2.05, 4.69) is 21.4 Å². The number of aromatic nitrogens is 2. The normalized spacial score (nSPS) is 10.5. The lowest BCUT2D eigenvalue weighted by atomic mass is 10.2. The van der Waals surface area contributed by atoms with Gasteiger partial charge in [0.1, 0.15) is 5.75 Å². The molecular formula is C21H12Cl2N4O. The van der Waals surface area contributed by atoms with Crippen molar-refractivity contribution in [2.45, 2.75) is 0 Å². The van der Waals surface area contributed by atoms with Crippen LogP contribution in [-0.4, -0.2) is 9.97 Å². The first-order chi connectivity index (χ1) is 13.6. The molecule has 4 aromatic rings. The number of anilines is 2. The van der Waals surface area contributed by atoms with Gasteiger partial charge in [-0.3, -0.25) is 0 Å². The SMILES string of the molecule is N#Cc1ccc(Nc2nc(Oc3ccc(Cl)cc3Cl)c3ccccc3n2)cc1. The van der Waals surface area contributed by atoms with Gasteiger partial charge < -0.3 is 10.1 Å². The summed E-state index contributed by atoms with van der Waals surface area (Å²) in [6.45, 7) is 0. The van der Waals surface area contributed by atoms with E-state index < -0.39 is 0 Å². The van der Waals surface area contributed by atoms with E-state index in [1.807, 2.05) is 24.3 Å². The molecule has 3 aromatic carbocycles. The maximum absolute atomic E-state index is 8.92. The molecule has 7 heteroatoms. The number of hydrogen-bond acceptors (Lipinski definition) is 5. The van der Waals surface area contributed by atoms with E-state index in [4.69, 9.17) is 33.2 Å². The van der Waals surface area contributed by atoms with Gasteiger partial charge in [-0.2, -0.15) is 10.2 Å². The second-order valence-electron chi connectivity index (χ2n) is 5.86. The standard InChI is InChI=1S/C21H12Cl2N4O/c22-14-7-10-19(17(23)11-14)28-20-16-3-1-2-4-18(16)26-21(27-20)25-15-8-5-13(12-24)6-9-15/h1-11H,(H,25,26,27). The van der Waals surface area contributed by atoms with Crippen LogP contribution in [-0.2, 0) is 0 Å². The summed E-state index contributed by atoms with van der Waals surface area (Å²) in [5.74, 6) is 1.17. The summed E-state index contributed by atoms with van der Waals surface area (Å²) in [4.78, 5) is 9.03. The van der Waals surface area contributed by atoms with Crippen LogP contribution in [0.15, 0.2) is 66.7 Å². The third-order valence-corrected chi connectivity index (χ3v) is 4.47. The summed E-state index contributed by atoms with van der Waals surface area (Å²) in [6.07, 6.45) is 0. The van der Waals surface area contributed by atoms with Crippen molar-refractivity contribution in [1.82, 2.24) is 9.97 Å². The molecule has 0 aliphatic carbocycles. The fraction of sp³-hybridized carbons (Fsp3) is 0. The Labute approximate surface area is 171 Å². The van der Waals surface area contributed by atoms with Crippen LogP contribution < -0.4 is 10.1 Å². The zero-order valence-corrected chi connectivity index (χ0v) is 15.9. The van der Waals surface area contributed by atoms with Crippen LogP contribution in [0.5, 0.6) is 11.6 Å². The Bertz CT molecular complexity index is 1200. The average molecular weight is 407 g/mol. The predicted octanol–water partition coefficient (Wildman–Crippen LogP) is 6.34. The van der Waals surface area contributed by atoms with Crippen LogP contribution in [0.3, 0.4) is 0 Å². The van der Waals surface area contributed by atoms with E-state index in [1.165, 1.54) is 0 Å². The molecule has 0 atom stereocenters. The number of nitriles is 1. The Hall–Kier alpha value is -3.33. The maximum atomic E-state index is 8.92. The molecule has 0 fully saturated rings. The van der Waals surface area contributed by atoms with Gasteiger partial charge in [0.2, 0.25) is 11.8 Å². The topological polar surface area (TPSA) is 70.8 Å². The van der Waals surface area contributed by atoms with Crippen LogP contribution in [0.25, 0.3) is 10.9 Å². The number of nitrogens with zero attached hydrogens (tertiary/aromatic N) is 3. The van der Waals surface area contributed by atoms with Crippen molar-refractivity contribution < 1.29 is 4.74 Å². The minimum absolute atomic E-state index is 0.364. The summed E-state index contributed by atoms with van der Waals surface area (Å²) in [5.41, 5.74) is 2.05. The fourth-order valence-electron chi connectivity index (χ4n) is 2.60. The first-order valence-corrected chi connectivity index (χ1v) is 9.05. The highest BCUT2D eigenvalue weighted by Gasteiger charge is 2.12. The van der Waals surface area contributed by atoms with E-state index in [9.17, 15) is 0 Å². The van der Waals surface area contributed by atoms with Gasteiger partial charge >= 0.3 is 0 Å². The van der Waals surface area contributed by atoms with Gasteiger partial charge in [0.15, 0.2) is 0 Å². The number of fused-ring (bicyclic) bond motifs is 1. The number of benzene rings is 3. The molecule has 0 radical (unpaired) electrons. The van der Waals surface area contributed by atoms with E-state index in [-0.39, 0.29) is 0 Å². The third kappa shape index (κ3) is 3.84. The lowest BCUT2D eigenvalue weighted by Gasteiger charge is -2.12. The Kier molecular flexibility index (Phi) is 4.98. The fourth-order valence-corrected chi connectivity index (χ4v) is 3.05. The highest BCUT2D eigenvalue weighted by molar-refractivity contribution is 6.35. The Morgan fingerprint density at radius 2 is 1.71 bits per heavy atom. The predicted molar refractivity (Wildman–Crippen MR) is 111 cm³/mol. The lowest BCUT2D eigenvalue weighted by molar-refractivity contribution is 0.469. The number of nitrogens with one attached hydrogen (secondary N) is 1. The number of ether oxygens (including phenoxy) is 1. The summed E-state index contributed by atoms with van der Waals surface area (Å²) in [7, 11) is 0. The molecule has 0 amide bonds. The number of rotatable bonds is 4. The van der Waals surface area contributed by atoms with Gasteiger partial charge in [-0.1, -0.05) is 35.3 Å². The van der Waals surface area contributed by atoms with E-state index in [0.29, 0.717) is 38.7 Å². The Morgan fingerprint density at radius 3 is 2.46 bits per heavy atom. The summed E-state index contributed by atoms with van der Waals surface area (Å²) in [5, 5.41) is 13.7. The zero-order valence-electron chi connectivity index (χ0n) is 14.4. The van der Waals surface area contributed by atoms with Crippen LogP contribution in [0.2, 0.25) is 10.0 Å². The first kappa shape index (κ1) is 18.1. The second-order valence-corrected chi connectivity index (χ2v) is 6.70. The van der Waals surface area contributed by atoms with Crippen LogP contribution in [0.1, 0.15) is 5.56 Å². The van der Waals surface area contributed by atoms with Crippen molar-refractivity contribution in [2.24, 2.45) is 0 Å². The van der Waals surface area contributed by atoms with Crippen molar-refractivity contribution in [3.63, 3.8) is 0 Å². The molecule has 0 saturated heterocycles. The zero-order chi connectivity index (χ0) is 19.5. The summed E-state index contributed by atoms with van der Waals surface area (Å²) in [6, 6.07) is 21.6. The molecule has 0 spiro atoms. The van der Waals surface area contributed by atoms with Gasteiger partial charge in [0.05, 0.1) is 27.6 Å². The average Bonchev–Trinajstić information content (AvgIpc) is 2.70. The second kappa shape index (κ2) is 7.73. The van der Waals surface area contributed by atoms with E-state index in [1.54, 1.807) is 42.5 Å². The molecule has 1 heterocycles. The van der Waals surface area contributed by atoms with Crippen molar-refractivity contribution in [3.05, 3.63) is 82.3 Å². The van der Waals surface area contributed by atoms with Crippen molar-refractivity contribution in [3.8, 4) is 17.7 Å².